The molecule has 2 fully saturated rings. The van der Waals surface area contributed by atoms with Gasteiger partial charge in [0.1, 0.15) is 0 Å². The smallest absolute Gasteiger partial charge is 0.0131 e. The molecule has 15 heavy (non-hydrogen) atoms. The van der Waals surface area contributed by atoms with Gasteiger partial charge in [-0.15, -0.1) is 0 Å². The van der Waals surface area contributed by atoms with Crippen LogP contribution in [-0.4, -0.2) is 12.1 Å². The summed E-state index contributed by atoms with van der Waals surface area (Å²) in [6.07, 6.45) is 7.21. The molecule has 2 rings (SSSR count). The van der Waals surface area contributed by atoms with Gasteiger partial charge in [-0.05, 0) is 49.9 Å². The molecule has 0 radical (unpaired) electrons. The number of fused-ring (bicyclic) bond motifs is 1. The molecule has 1 heteroatoms. The maximum atomic E-state index is 3.87. The fourth-order valence-corrected chi connectivity index (χ4v) is 3.71. The van der Waals surface area contributed by atoms with Gasteiger partial charge in [-0.3, -0.25) is 0 Å². The zero-order valence-corrected chi connectivity index (χ0v) is 10.8. The summed E-state index contributed by atoms with van der Waals surface area (Å²) >= 11 is 0. The van der Waals surface area contributed by atoms with Crippen LogP contribution in [-0.2, 0) is 0 Å². The number of nitrogens with one attached hydrogen (secondary N) is 1. The highest BCUT2D eigenvalue weighted by Gasteiger charge is 2.41. The second kappa shape index (κ2) is 4.08. The van der Waals surface area contributed by atoms with E-state index in [1.807, 2.05) is 0 Å². The van der Waals surface area contributed by atoms with Crippen molar-refractivity contribution in [3.05, 3.63) is 0 Å². The molecule has 2 aliphatic rings. The Labute approximate surface area is 95.0 Å². The fourth-order valence-electron chi connectivity index (χ4n) is 3.71. The Morgan fingerprint density at radius 1 is 1.00 bits per heavy atom. The van der Waals surface area contributed by atoms with Crippen LogP contribution in [0.2, 0.25) is 0 Å². The molecule has 1 N–H and O–H groups in total. The summed E-state index contributed by atoms with van der Waals surface area (Å²) in [4.78, 5) is 0. The van der Waals surface area contributed by atoms with Gasteiger partial charge in [0.25, 0.3) is 0 Å². The van der Waals surface area contributed by atoms with Gasteiger partial charge in [-0.1, -0.05) is 27.2 Å². The van der Waals surface area contributed by atoms with E-state index in [0.29, 0.717) is 5.41 Å². The van der Waals surface area contributed by atoms with Crippen LogP contribution in [0.3, 0.4) is 0 Å². The summed E-state index contributed by atoms with van der Waals surface area (Å²) < 4.78 is 0. The van der Waals surface area contributed by atoms with Crippen LogP contribution < -0.4 is 5.32 Å². The molecule has 0 aromatic heterocycles. The first-order valence-electron chi connectivity index (χ1n) is 6.74. The minimum Gasteiger partial charge on any atom is -0.311 e. The van der Waals surface area contributed by atoms with Crippen LogP contribution in [0.15, 0.2) is 0 Å². The maximum absolute atomic E-state index is 3.87. The molecule has 1 saturated heterocycles. The average Bonchev–Trinajstić information content (AvgIpc) is 2.15. The molecule has 0 spiro atoms. The molecule has 88 valence electrons. The third kappa shape index (κ3) is 2.38. The summed E-state index contributed by atoms with van der Waals surface area (Å²) in [5, 5.41) is 3.87. The Hall–Kier alpha value is -0.0400. The lowest BCUT2D eigenvalue weighted by molar-refractivity contribution is 0.0564. The molecule has 1 nitrogen and oxygen atoms in total. The number of hydrogen-bond donors (Lipinski definition) is 1. The SMILES string of the molecule is C[C@H]1CC[C@H]2CCC[C@H](C(C)(C)C)[C@@H]2N1. The first kappa shape index (κ1) is 11.4. The third-order valence-corrected chi connectivity index (χ3v) is 4.59. The van der Waals surface area contributed by atoms with Crippen molar-refractivity contribution in [2.24, 2.45) is 17.3 Å². The van der Waals surface area contributed by atoms with E-state index < -0.39 is 0 Å². The standard InChI is InChI=1S/C14H27N/c1-10-8-9-11-6-5-7-12(13(11)15-10)14(2,3)4/h10-13,15H,5-9H2,1-4H3/t10-,11+,12-,13+/m0/s1. The maximum Gasteiger partial charge on any atom is 0.0131 e. The minimum atomic E-state index is 0.480. The second-order valence-electron chi connectivity index (χ2n) is 6.83. The van der Waals surface area contributed by atoms with E-state index >= 15 is 0 Å². The lowest BCUT2D eigenvalue weighted by Crippen LogP contribution is -2.55. The van der Waals surface area contributed by atoms with Gasteiger partial charge >= 0.3 is 0 Å². The molecule has 1 aliphatic carbocycles. The number of piperidine rings is 1. The van der Waals surface area contributed by atoms with Crippen molar-refractivity contribution < 1.29 is 0 Å². The fraction of sp³-hybridized carbons (Fsp3) is 1.00. The first-order valence-corrected chi connectivity index (χ1v) is 6.74. The Balaban J connectivity index is 2.11. The summed E-state index contributed by atoms with van der Waals surface area (Å²) in [5.74, 6) is 1.86. The Morgan fingerprint density at radius 3 is 2.40 bits per heavy atom. The van der Waals surface area contributed by atoms with Crippen molar-refractivity contribution >= 4 is 0 Å². The van der Waals surface area contributed by atoms with Gasteiger partial charge < -0.3 is 5.32 Å². The van der Waals surface area contributed by atoms with Crippen LogP contribution in [0.1, 0.15) is 59.8 Å². The van der Waals surface area contributed by atoms with E-state index in [0.717, 1.165) is 23.9 Å². The zero-order valence-electron chi connectivity index (χ0n) is 10.8. The van der Waals surface area contributed by atoms with Gasteiger partial charge in [0, 0.05) is 12.1 Å². The molecule has 0 amide bonds. The predicted molar refractivity (Wildman–Crippen MR) is 65.9 cm³/mol. The molecule has 0 aromatic carbocycles. The van der Waals surface area contributed by atoms with Gasteiger partial charge in [0.2, 0.25) is 0 Å². The minimum absolute atomic E-state index is 0.480. The summed E-state index contributed by atoms with van der Waals surface area (Å²) in [6, 6.07) is 1.55. The van der Waals surface area contributed by atoms with Crippen LogP contribution in [0.4, 0.5) is 0 Å². The van der Waals surface area contributed by atoms with Crippen molar-refractivity contribution in [2.45, 2.75) is 71.9 Å². The largest absolute Gasteiger partial charge is 0.311 e. The van der Waals surface area contributed by atoms with Crippen molar-refractivity contribution in [1.82, 2.24) is 5.32 Å². The number of rotatable bonds is 0. The summed E-state index contributed by atoms with van der Waals surface area (Å²) in [5.41, 5.74) is 0.480. The molecule has 0 unspecified atom stereocenters. The molecule has 0 aromatic rings. The quantitative estimate of drug-likeness (QED) is 0.643. The topological polar surface area (TPSA) is 12.0 Å². The molecular formula is C14H27N. The first-order chi connectivity index (χ1) is 6.98. The average molecular weight is 209 g/mol. The highest BCUT2D eigenvalue weighted by molar-refractivity contribution is 4.96. The number of hydrogen-bond acceptors (Lipinski definition) is 1. The van der Waals surface area contributed by atoms with Crippen LogP contribution in [0, 0.1) is 17.3 Å². The third-order valence-electron chi connectivity index (χ3n) is 4.59. The molecule has 1 aliphatic heterocycles. The van der Waals surface area contributed by atoms with Crippen molar-refractivity contribution in [1.29, 1.82) is 0 Å². The monoisotopic (exact) mass is 209 g/mol. The van der Waals surface area contributed by atoms with Gasteiger partial charge in [-0.2, -0.15) is 0 Å². The van der Waals surface area contributed by atoms with Crippen LogP contribution in [0.25, 0.3) is 0 Å². The zero-order chi connectivity index (χ0) is 11.1. The second-order valence-corrected chi connectivity index (χ2v) is 6.83. The molecular weight excluding hydrogens is 182 g/mol. The Bertz CT molecular complexity index is 216. The van der Waals surface area contributed by atoms with Crippen molar-refractivity contribution in [2.75, 3.05) is 0 Å². The lowest BCUT2D eigenvalue weighted by atomic mass is 9.63. The predicted octanol–water partition coefficient (Wildman–Crippen LogP) is 3.59. The molecule has 1 heterocycles. The Kier molecular flexibility index (Phi) is 3.12. The van der Waals surface area contributed by atoms with E-state index in [4.69, 9.17) is 0 Å². The molecule has 1 saturated carbocycles. The molecule has 0 bridgehead atoms. The lowest BCUT2D eigenvalue weighted by Gasteiger charge is -2.49. The highest BCUT2D eigenvalue weighted by Crippen LogP contribution is 2.43. The normalized spacial score (nSPS) is 42.4. The van der Waals surface area contributed by atoms with Gasteiger partial charge in [0.05, 0.1) is 0 Å². The Morgan fingerprint density at radius 2 is 1.73 bits per heavy atom. The van der Waals surface area contributed by atoms with E-state index in [2.05, 4.69) is 33.0 Å². The van der Waals surface area contributed by atoms with E-state index in [9.17, 15) is 0 Å². The van der Waals surface area contributed by atoms with Gasteiger partial charge in [0.15, 0.2) is 0 Å². The summed E-state index contributed by atoms with van der Waals surface area (Å²) in [7, 11) is 0. The van der Waals surface area contributed by atoms with E-state index in [1.54, 1.807) is 0 Å². The van der Waals surface area contributed by atoms with E-state index in [1.165, 1.54) is 32.1 Å². The van der Waals surface area contributed by atoms with Crippen molar-refractivity contribution in [3.8, 4) is 0 Å². The van der Waals surface area contributed by atoms with E-state index in [-0.39, 0.29) is 0 Å². The van der Waals surface area contributed by atoms with Crippen molar-refractivity contribution in [3.63, 3.8) is 0 Å². The highest BCUT2D eigenvalue weighted by atomic mass is 15.0. The molecule has 4 atom stereocenters. The van der Waals surface area contributed by atoms with Crippen LogP contribution in [0.5, 0.6) is 0 Å². The van der Waals surface area contributed by atoms with Gasteiger partial charge in [-0.25, -0.2) is 0 Å². The summed E-state index contributed by atoms with van der Waals surface area (Å²) in [6.45, 7) is 9.60. The van der Waals surface area contributed by atoms with Crippen LogP contribution >= 0.6 is 0 Å².